The smallest absolute Gasteiger partial charge is 0.332 e. The van der Waals surface area contributed by atoms with Crippen LogP contribution in [0.3, 0.4) is 0 Å². The SMILES string of the molecule is COc1ccc(-c2c(CN)c(N(C)c3ccc4ccccc4c3)nc3c2c(=O)n(C)c(=O)n3C)cc1OC. The fourth-order valence-electron chi connectivity index (χ4n) is 4.90. The number of aryl methyl sites for hydroxylation is 1. The molecule has 2 N–H and O–H groups in total. The third-order valence-electron chi connectivity index (χ3n) is 6.98. The number of ether oxygens (including phenoxy) is 2. The van der Waals surface area contributed by atoms with E-state index >= 15 is 0 Å². The van der Waals surface area contributed by atoms with Crippen LogP contribution in [-0.4, -0.2) is 35.4 Å². The van der Waals surface area contributed by atoms with E-state index in [9.17, 15) is 9.59 Å². The topological polar surface area (TPSA) is 105 Å². The minimum Gasteiger partial charge on any atom is -0.493 e. The highest BCUT2D eigenvalue weighted by molar-refractivity contribution is 5.98. The number of rotatable bonds is 6. The molecule has 0 radical (unpaired) electrons. The van der Waals surface area contributed by atoms with Crippen molar-refractivity contribution in [3.05, 3.63) is 87.1 Å². The highest BCUT2D eigenvalue weighted by atomic mass is 16.5. The number of nitrogens with zero attached hydrogens (tertiary/aromatic N) is 4. The van der Waals surface area contributed by atoms with Crippen LogP contribution in [0.2, 0.25) is 0 Å². The van der Waals surface area contributed by atoms with E-state index in [1.54, 1.807) is 33.4 Å². The molecule has 0 saturated carbocycles. The lowest BCUT2D eigenvalue weighted by atomic mass is 9.96. The van der Waals surface area contributed by atoms with E-state index in [0.29, 0.717) is 39.4 Å². The van der Waals surface area contributed by atoms with Gasteiger partial charge in [-0.1, -0.05) is 36.4 Å². The van der Waals surface area contributed by atoms with Crippen molar-refractivity contribution in [2.24, 2.45) is 19.8 Å². The Morgan fingerprint density at radius 2 is 1.61 bits per heavy atom. The Balaban J connectivity index is 1.89. The minimum atomic E-state index is -0.465. The molecule has 9 heteroatoms. The Bertz CT molecular complexity index is 1820. The van der Waals surface area contributed by atoms with Crippen molar-refractivity contribution in [2.45, 2.75) is 6.54 Å². The second-order valence-electron chi connectivity index (χ2n) is 9.06. The van der Waals surface area contributed by atoms with Crippen LogP contribution in [0.5, 0.6) is 11.5 Å². The lowest BCUT2D eigenvalue weighted by molar-refractivity contribution is 0.355. The van der Waals surface area contributed by atoms with Gasteiger partial charge in [-0.2, -0.15) is 0 Å². The molecule has 2 aromatic heterocycles. The first-order valence-electron chi connectivity index (χ1n) is 12.1. The normalized spacial score (nSPS) is 11.2. The van der Waals surface area contributed by atoms with Gasteiger partial charge >= 0.3 is 5.69 Å². The molecule has 0 saturated heterocycles. The van der Waals surface area contributed by atoms with Crippen LogP contribution in [0.15, 0.2) is 70.3 Å². The monoisotopic (exact) mass is 511 g/mol. The average Bonchev–Trinajstić information content (AvgIpc) is 2.96. The van der Waals surface area contributed by atoms with Crippen LogP contribution in [-0.2, 0) is 20.6 Å². The van der Waals surface area contributed by atoms with E-state index in [-0.39, 0.29) is 12.2 Å². The van der Waals surface area contributed by atoms with Gasteiger partial charge in [0, 0.05) is 44.5 Å². The number of pyridine rings is 1. The summed E-state index contributed by atoms with van der Waals surface area (Å²) >= 11 is 0. The Morgan fingerprint density at radius 3 is 2.29 bits per heavy atom. The van der Waals surface area contributed by atoms with Gasteiger partial charge in [-0.25, -0.2) is 9.78 Å². The molecule has 0 spiro atoms. The van der Waals surface area contributed by atoms with Crippen LogP contribution in [0.25, 0.3) is 32.9 Å². The number of methoxy groups -OCH3 is 2. The summed E-state index contributed by atoms with van der Waals surface area (Å²) in [6.07, 6.45) is 0. The van der Waals surface area contributed by atoms with Crippen LogP contribution < -0.4 is 31.4 Å². The number of hydrogen-bond acceptors (Lipinski definition) is 7. The Morgan fingerprint density at radius 1 is 0.895 bits per heavy atom. The van der Waals surface area contributed by atoms with E-state index in [0.717, 1.165) is 21.0 Å². The van der Waals surface area contributed by atoms with Gasteiger partial charge in [0.1, 0.15) is 5.82 Å². The quantitative estimate of drug-likeness (QED) is 0.371. The molecule has 0 fully saturated rings. The van der Waals surface area contributed by atoms with Crippen molar-refractivity contribution in [3.63, 3.8) is 0 Å². The molecule has 5 aromatic rings. The van der Waals surface area contributed by atoms with Gasteiger partial charge < -0.3 is 20.1 Å². The summed E-state index contributed by atoms with van der Waals surface area (Å²) < 4.78 is 13.4. The van der Waals surface area contributed by atoms with Crippen molar-refractivity contribution >= 4 is 33.3 Å². The molecule has 0 unspecified atom stereocenters. The maximum Gasteiger partial charge on any atom is 0.332 e. The summed E-state index contributed by atoms with van der Waals surface area (Å²) in [5.74, 6) is 1.60. The summed E-state index contributed by atoms with van der Waals surface area (Å²) in [5.41, 5.74) is 8.56. The second kappa shape index (κ2) is 9.68. The van der Waals surface area contributed by atoms with Crippen molar-refractivity contribution in [2.75, 3.05) is 26.2 Å². The molecule has 2 heterocycles. The maximum absolute atomic E-state index is 13.5. The summed E-state index contributed by atoms with van der Waals surface area (Å²) in [6.45, 7) is 0.103. The van der Waals surface area contributed by atoms with Crippen LogP contribution in [0.4, 0.5) is 11.5 Å². The van der Waals surface area contributed by atoms with E-state index in [1.807, 2.05) is 48.3 Å². The number of nitrogens with two attached hydrogens (primary N) is 1. The molecule has 0 amide bonds. The lowest BCUT2D eigenvalue weighted by Gasteiger charge is -2.25. The third kappa shape index (κ3) is 3.88. The third-order valence-corrected chi connectivity index (χ3v) is 6.98. The van der Waals surface area contributed by atoms with Crippen molar-refractivity contribution < 1.29 is 9.47 Å². The zero-order valence-electron chi connectivity index (χ0n) is 22.0. The first-order chi connectivity index (χ1) is 18.3. The van der Waals surface area contributed by atoms with Crippen molar-refractivity contribution in [3.8, 4) is 22.6 Å². The van der Waals surface area contributed by atoms with E-state index in [4.69, 9.17) is 20.2 Å². The number of fused-ring (bicyclic) bond motifs is 2. The van der Waals surface area contributed by atoms with Gasteiger partial charge in [-0.3, -0.25) is 13.9 Å². The van der Waals surface area contributed by atoms with Gasteiger partial charge in [0.15, 0.2) is 17.1 Å². The van der Waals surface area contributed by atoms with Gasteiger partial charge in [0.25, 0.3) is 5.56 Å². The van der Waals surface area contributed by atoms with Crippen molar-refractivity contribution in [1.82, 2.24) is 14.1 Å². The fourth-order valence-corrected chi connectivity index (χ4v) is 4.90. The molecule has 0 atom stereocenters. The molecule has 0 aliphatic heterocycles. The fraction of sp³-hybridized carbons (Fsp3) is 0.207. The zero-order valence-corrected chi connectivity index (χ0v) is 22.0. The number of hydrogen-bond donors (Lipinski definition) is 1. The first-order valence-corrected chi connectivity index (χ1v) is 12.1. The Labute approximate surface area is 219 Å². The van der Waals surface area contributed by atoms with Gasteiger partial charge in [0.2, 0.25) is 0 Å². The predicted molar refractivity (Wildman–Crippen MR) is 151 cm³/mol. The second-order valence-corrected chi connectivity index (χ2v) is 9.06. The molecule has 3 aromatic carbocycles. The number of aromatic nitrogens is 3. The van der Waals surface area contributed by atoms with Crippen LogP contribution in [0.1, 0.15) is 5.56 Å². The largest absolute Gasteiger partial charge is 0.493 e. The number of anilines is 2. The summed E-state index contributed by atoms with van der Waals surface area (Å²) in [6, 6.07) is 19.6. The van der Waals surface area contributed by atoms with Gasteiger partial charge in [0.05, 0.1) is 19.6 Å². The molecule has 5 rings (SSSR count). The molecular weight excluding hydrogens is 482 g/mol. The zero-order chi connectivity index (χ0) is 27.1. The highest BCUT2D eigenvalue weighted by Gasteiger charge is 2.24. The minimum absolute atomic E-state index is 0.103. The summed E-state index contributed by atoms with van der Waals surface area (Å²) in [5, 5.41) is 2.50. The standard InChI is InChI=1S/C29H29N5O4/c1-32(20-12-10-17-8-6-7-9-18(17)14-20)26-21(16-30)24(19-11-13-22(37-4)23(15-19)38-5)25-27(31-26)33(2)29(36)34(3)28(25)35/h6-15H,16,30H2,1-5H3. The van der Waals surface area contributed by atoms with Gasteiger partial charge in [-0.15, -0.1) is 0 Å². The van der Waals surface area contributed by atoms with Gasteiger partial charge in [-0.05, 0) is 40.6 Å². The average molecular weight is 512 g/mol. The molecule has 38 heavy (non-hydrogen) atoms. The Kier molecular flexibility index (Phi) is 6.38. The van der Waals surface area contributed by atoms with E-state index < -0.39 is 11.2 Å². The molecular formula is C29H29N5O4. The molecule has 0 bridgehead atoms. The molecule has 9 nitrogen and oxygen atoms in total. The predicted octanol–water partition coefficient (Wildman–Crippen LogP) is 3.70. The lowest BCUT2D eigenvalue weighted by Crippen LogP contribution is -2.38. The summed E-state index contributed by atoms with van der Waals surface area (Å²) in [7, 11) is 8.08. The van der Waals surface area contributed by atoms with Crippen molar-refractivity contribution in [1.29, 1.82) is 0 Å². The highest BCUT2D eigenvalue weighted by Crippen LogP contribution is 2.40. The maximum atomic E-state index is 13.5. The molecule has 194 valence electrons. The van der Waals surface area contributed by atoms with Crippen LogP contribution >= 0.6 is 0 Å². The van der Waals surface area contributed by atoms with E-state index in [2.05, 4.69) is 12.1 Å². The van der Waals surface area contributed by atoms with E-state index in [1.165, 1.54) is 11.6 Å². The van der Waals surface area contributed by atoms with Crippen LogP contribution in [0, 0.1) is 0 Å². The molecule has 0 aliphatic carbocycles. The summed E-state index contributed by atoms with van der Waals surface area (Å²) in [4.78, 5) is 33.2. The Hall–Kier alpha value is -4.63. The molecule has 0 aliphatic rings. The first kappa shape index (κ1) is 25.0. The number of benzene rings is 3.